The van der Waals surface area contributed by atoms with Crippen molar-refractivity contribution in [3.63, 3.8) is 0 Å². The van der Waals surface area contributed by atoms with E-state index in [1.165, 1.54) is 36.2 Å². The van der Waals surface area contributed by atoms with E-state index < -0.39 is 0 Å². The van der Waals surface area contributed by atoms with Crippen LogP contribution in [0.15, 0.2) is 6.07 Å². The van der Waals surface area contributed by atoms with Gasteiger partial charge in [0, 0.05) is 11.4 Å². The van der Waals surface area contributed by atoms with Crippen LogP contribution in [-0.2, 0) is 19.4 Å². The molecule has 0 atom stereocenters. The second kappa shape index (κ2) is 3.26. The molecule has 0 spiro atoms. The van der Waals surface area contributed by atoms with Gasteiger partial charge in [0.2, 0.25) is 0 Å². The third-order valence-corrected chi connectivity index (χ3v) is 2.84. The van der Waals surface area contributed by atoms with Crippen LogP contribution in [0.4, 0.5) is 0 Å². The summed E-state index contributed by atoms with van der Waals surface area (Å²) in [5.41, 5.74) is 4.12. The zero-order valence-corrected chi connectivity index (χ0v) is 8.01. The van der Waals surface area contributed by atoms with Gasteiger partial charge in [0.25, 0.3) is 0 Å². The molecule has 0 amide bonds. The molecule has 1 aromatic rings. The smallest absolute Gasteiger partial charge is 0.110 e. The van der Waals surface area contributed by atoms with E-state index >= 15 is 0 Å². The fraction of sp³-hybridized carbons (Fsp3) is 0.545. The van der Waals surface area contributed by atoms with Gasteiger partial charge in [0.05, 0.1) is 6.07 Å². The number of nitriles is 1. The van der Waals surface area contributed by atoms with Crippen LogP contribution in [0, 0.1) is 18.3 Å². The average molecular weight is 174 g/mol. The van der Waals surface area contributed by atoms with E-state index in [4.69, 9.17) is 5.26 Å². The Hall–Kier alpha value is -1.23. The van der Waals surface area contributed by atoms with Crippen LogP contribution in [0.3, 0.4) is 0 Å². The maximum Gasteiger partial charge on any atom is 0.110 e. The summed E-state index contributed by atoms with van der Waals surface area (Å²) < 4.78 is 2.16. The van der Waals surface area contributed by atoms with Gasteiger partial charge in [-0.15, -0.1) is 0 Å². The highest BCUT2D eigenvalue weighted by Gasteiger charge is 2.15. The lowest BCUT2D eigenvalue weighted by Crippen LogP contribution is -2.08. The fourth-order valence-electron chi connectivity index (χ4n) is 2.21. The molecular weight excluding hydrogens is 160 g/mol. The topological polar surface area (TPSA) is 28.7 Å². The lowest BCUT2D eigenvalue weighted by Gasteiger charge is -2.14. The molecular formula is C11H14N2. The minimum absolute atomic E-state index is 0.515. The van der Waals surface area contributed by atoms with E-state index in [1.54, 1.807) is 0 Å². The van der Waals surface area contributed by atoms with Crippen molar-refractivity contribution >= 4 is 0 Å². The standard InChI is InChI=1S/C11H14N2/c1-9-8-10-4-2-3-5-11(10)13(9)7-6-12/h8H,2-5,7H2,1H3. The molecule has 1 heterocycles. The van der Waals surface area contributed by atoms with Gasteiger partial charge in [-0.1, -0.05) is 0 Å². The maximum absolute atomic E-state index is 8.69. The van der Waals surface area contributed by atoms with Gasteiger partial charge in [0.15, 0.2) is 0 Å². The monoisotopic (exact) mass is 174 g/mol. The third kappa shape index (κ3) is 1.35. The normalized spacial score (nSPS) is 15.1. The Kier molecular flexibility index (Phi) is 2.10. The molecule has 13 heavy (non-hydrogen) atoms. The Morgan fingerprint density at radius 1 is 1.46 bits per heavy atom. The van der Waals surface area contributed by atoms with Crippen molar-refractivity contribution in [2.45, 2.75) is 39.2 Å². The molecule has 0 aliphatic heterocycles. The molecule has 1 aromatic heterocycles. The predicted molar refractivity (Wildman–Crippen MR) is 51.4 cm³/mol. The molecule has 0 saturated heterocycles. The van der Waals surface area contributed by atoms with Crippen LogP contribution >= 0.6 is 0 Å². The molecule has 0 radical (unpaired) electrons. The summed E-state index contributed by atoms with van der Waals surface area (Å²) in [7, 11) is 0. The molecule has 0 aromatic carbocycles. The first-order valence-electron chi connectivity index (χ1n) is 4.88. The van der Waals surface area contributed by atoms with E-state index in [9.17, 15) is 0 Å². The first-order valence-corrected chi connectivity index (χ1v) is 4.88. The van der Waals surface area contributed by atoms with Crippen molar-refractivity contribution in [1.29, 1.82) is 5.26 Å². The van der Waals surface area contributed by atoms with E-state index in [0.29, 0.717) is 6.54 Å². The summed E-state index contributed by atoms with van der Waals surface area (Å²) in [6, 6.07) is 4.47. The Morgan fingerprint density at radius 3 is 3.00 bits per heavy atom. The second-order valence-electron chi connectivity index (χ2n) is 3.71. The molecule has 2 heteroatoms. The molecule has 1 aliphatic carbocycles. The Morgan fingerprint density at radius 2 is 2.23 bits per heavy atom. The van der Waals surface area contributed by atoms with E-state index in [2.05, 4.69) is 23.6 Å². The van der Waals surface area contributed by atoms with Crippen LogP contribution in [0.5, 0.6) is 0 Å². The Bertz CT molecular complexity index is 355. The highest BCUT2D eigenvalue weighted by molar-refractivity contribution is 5.30. The van der Waals surface area contributed by atoms with Gasteiger partial charge in [0.1, 0.15) is 6.54 Å². The van der Waals surface area contributed by atoms with Crippen LogP contribution in [0.25, 0.3) is 0 Å². The molecule has 2 nitrogen and oxygen atoms in total. The molecule has 0 N–H and O–H groups in total. The second-order valence-corrected chi connectivity index (χ2v) is 3.71. The minimum Gasteiger partial charge on any atom is -0.335 e. The zero-order chi connectivity index (χ0) is 9.26. The summed E-state index contributed by atoms with van der Waals surface area (Å²) in [6.07, 6.45) is 4.95. The van der Waals surface area contributed by atoms with Crippen LogP contribution in [0.2, 0.25) is 0 Å². The summed E-state index contributed by atoms with van der Waals surface area (Å²) in [5.74, 6) is 0. The molecule has 0 fully saturated rings. The van der Waals surface area contributed by atoms with Gasteiger partial charge in [-0.05, 0) is 44.2 Å². The highest BCUT2D eigenvalue weighted by atomic mass is 15.0. The largest absolute Gasteiger partial charge is 0.335 e. The first-order chi connectivity index (χ1) is 6.33. The van der Waals surface area contributed by atoms with E-state index in [-0.39, 0.29) is 0 Å². The van der Waals surface area contributed by atoms with Gasteiger partial charge < -0.3 is 4.57 Å². The molecule has 2 rings (SSSR count). The lowest BCUT2D eigenvalue weighted by atomic mass is 9.98. The fourth-order valence-corrected chi connectivity index (χ4v) is 2.21. The molecule has 1 aliphatic rings. The van der Waals surface area contributed by atoms with Crippen molar-refractivity contribution in [2.24, 2.45) is 0 Å². The lowest BCUT2D eigenvalue weighted by molar-refractivity contribution is 0.632. The van der Waals surface area contributed by atoms with Crippen molar-refractivity contribution in [1.82, 2.24) is 4.57 Å². The molecule has 0 saturated carbocycles. The average Bonchev–Trinajstić information content (AvgIpc) is 2.44. The summed E-state index contributed by atoms with van der Waals surface area (Å²) >= 11 is 0. The van der Waals surface area contributed by atoms with Crippen molar-refractivity contribution in [3.05, 3.63) is 23.0 Å². The molecule has 0 bridgehead atoms. The van der Waals surface area contributed by atoms with Crippen molar-refractivity contribution in [2.75, 3.05) is 0 Å². The van der Waals surface area contributed by atoms with Gasteiger partial charge in [-0.25, -0.2) is 0 Å². The van der Waals surface area contributed by atoms with Gasteiger partial charge >= 0.3 is 0 Å². The van der Waals surface area contributed by atoms with Crippen molar-refractivity contribution < 1.29 is 0 Å². The summed E-state index contributed by atoms with van der Waals surface area (Å²) in [6.45, 7) is 2.61. The highest BCUT2D eigenvalue weighted by Crippen LogP contribution is 2.24. The van der Waals surface area contributed by atoms with Gasteiger partial charge in [-0.3, -0.25) is 0 Å². The number of fused-ring (bicyclic) bond motifs is 1. The number of aryl methyl sites for hydroxylation is 2. The molecule has 68 valence electrons. The Balaban J connectivity index is 2.43. The minimum atomic E-state index is 0.515. The number of hydrogen-bond donors (Lipinski definition) is 0. The number of rotatable bonds is 1. The van der Waals surface area contributed by atoms with Crippen molar-refractivity contribution in [3.8, 4) is 6.07 Å². The number of aromatic nitrogens is 1. The quantitative estimate of drug-likeness (QED) is 0.641. The zero-order valence-electron chi connectivity index (χ0n) is 8.01. The summed E-state index contributed by atoms with van der Waals surface area (Å²) in [4.78, 5) is 0. The third-order valence-electron chi connectivity index (χ3n) is 2.84. The maximum atomic E-state index is 8.69. The molecule has 0 unspecified atom stereocenters. The Labute approximate surface area is 78.8 Å². The number of nitrogens with zero attached hydrogens (tertiary/aromatic N) is 2. The van der Waals surface area contributed by atoms with Crippen LogP contribution in [-0.4, -0.2) is 4.57 Å². The van der Waals surface area contributed by atoms with Gasteiger partial charge in [-0.2, -0.15) is 5.26 Å². The van der Waals surface area contributed by atoms with E-state index in [0.717, 1.165) is 6.42 Å². The summed E-state index contributed by atoms with van der Waals surface area (Å²) in [5, 5.41) is 8.69. The van der Waals surface area contributed by atoms with Crippen LogP contribution in [0.1, 0.15) is 29.8 Å². The predicted octanol–water partition coefficient (Wildman–Crippen LogP) is 2.20. The number of hydrogen-bond acceptors (Lipinski definition) is 1. The first kappa shape index (κ1) is 8.37. The van der Waals surface area contributed by atoms with Crippen LogP contribution < -0.4 is 0 Å². The SMILES string of the molecule is Cc1cc2c(n1CC#N)CCCC2. The van der Waals surface area contributed by atoms with E-state index in [1.807, 2.05) is 0 Å².